The van der Waals surface area contributed by atoms with Crippen molar-refractivity contribution in [3.63, 3.8) is 0 Å². The SMILES string of the molecule is CC(C)Oc1cc2nc(C34CCOC(C)(C3)C4)cn2cc1NC(=O)c1cccc(C(F)F)n1. The number of imidazole rings is 1. The Bertz CT molecular complexity index is 1220. The van der Waals surface area contributed by atoms with Gasteiger partial charge in [0.15, 0.2) is 0 Å². The molecule has 1 aliphatic carbocycles. The van der Waals surface area contributed by atoms with E-state index in [9.17, 15) is 13.6 Å². The molecule has 2 aliphatic heterocycles. The molecule has 2 bridgehead atoms. The van der Waals surface area contributed by atoms with Crippen molar-refractivity contribution in [3.05, 3.63) is 53.7 Å². The van der Waals surface area contributed by atoms with Crippen molar-refractivity contribution in [1.82, 2.24) is 14.4 Å². The van der Waals surface area contributed by atoms with Gasteiger partial charge in [0.25, 0.3) is 12.3 Å². The summed E-state index contributed by atoms with van der Waals surface area (Å²) in [6, 6.07) is 5.76. The van der Waals surface area contributed by atoms with Gasteiger partial charge < -0.3 is 19.2 Å². The first-order chi connectivity index (χ1) is 15.7. The molecule has 3 aromatic heterocycles. The predicted molar refractivity (Wildman–Crippen MR) is 118 cm³/mol. The number of hydrogen-bond acceptors (Lipinski definition) is 5. The van der Waals surface area contributed by atoms with Crippen LogP contribution in [0.25, 0.3) is 5.65 Å². The number of pyridine rings is 2. The molecule has 0 spiro atoms. The fourth-order valence-electron chi connectivity index (χ4n) is 5.06. The third-order valence-corrected chi connectivity index (χ3v) is 6.39. The molecule has 3 aromatic rings. The number of hydrogen-bond donors (Lipinski definition) is 1. The molecule has 9 heteroatoms. The zero-order chi connectivity index (χ0) is 23.4. The summed E-state index contributed by atoms with van der Waals surface area (Å²) in [6.45, 7) is 6.63. The van der Waals surface area contributed by atoms with Gasteiger partial charge in [-0.15, -0.1) is 0 Å². The molecule has 0 atom stereocenters. The van der Waals surface area contributed by atoms with Crippen LogP contribution in [-0.4, -0.2) is 38.6 Å². The van der Waals surface area contributed by atoms with E-state index in [1.54, 1.807) is 12.3 Å². The summed E-state index contributed by atoms with van der Waals surface area (Å²) in [5, 5.41) is 2.76. The lowest BCUT2D eigenvalue weighted by Gasteiger charge is -2.58. The van der Waals surface area contributed by atoms with Gasteiger partial charge in [0.1, 0.15) is 28.5 Å². The lowest BCUT2D eigenvalue weighted by molar-refractivity contribution is -0.182. The molecular formula is C24H26F2N4O3. The van der Waals surface area contributed by atoms with Crippen LogP contribution in [0.15, 0.2) is 36.7 Å². The van der Waals surface area contributed by atoms with Gasteiger partial charge in [-0.25, -0.2) is 18.7 Å². The van der Waals surface area contributed by atoms with Crippen LogP contribution < -0.4 is 10.1 Å². The predicted octanol–water partition coefficient (Wildman–Crippen LogP) is 4.92. The van der Waals surface area contributed by atoms with E-state index in [0.717, 1.165) is 31.6 Å². The number of aromatic nitrogens is 3. The second-order valence-corrected chi connectivity index (χ2v) is 9.49. The van der Waals surface area contributed by atoms with Crippen molar-refractivity contribution in [2.24, 2.45) is 0 Å². The smallest absolute Gasteiger partial charge is 0.280 e. The highest BCUT2D eigenvalue weighted by Gasteiger charge is 2.57. The molecule has 0 aromatic carbocycles. The van der Waals surface area contributed by atoms with Crippen molar-refractivity contribution in [2.75, 3.05) is 11.9 Å². The summed E-state index contributed by atoms with van der Waals surface area (Å²) in [6.07, 6.45) is 3.65. The number of carbonyl (C=O) groups excluding carboxylic acids is 1. The van der Waals surface area contributed by atoms with Gasteiger partial charge in [0.05, 0.1) is 17.4 Å². The Labute approximate surface area is 190 Å². The molecule has 0 unspecified atom stereocenters. The zero-order valence-corrected chi connectivity index (χ0v) is 18.8. The Kier molecular flexibility index (Phi) is 5.12. The zero-order valence-electron chi connectivity index (χ0n) is 18.8. The fraction of sp³-hybridized carbons (Fsp3) is 0.458. The molecule has 1 saturated carbocycles. The molecule has 174 valence electrons. The first-order valence-electron chi connectivity index (χ1n) is 11.1. The molecule has 1 amide bonds. The molecular weight excluding hydrogens is 430 g/mol. The van der Waals surface area contributed by atoms with E-state index in [0.29, 0.717) is 17.1 Å². The third kappa shape index (κ3) is 3.94. The Balaban J connectivity index is 1.48. The van der Waals surface area contributed by atoms with E-state index >= 15 is 0 Å². The quantitative estimate of drug-likeness (QED) is 0.570. The van der Waals surface area contributed by atoms with Crippen molar-refractivity contribution in [1.29, 1.82) is 0 Å². The fourth-order valence-corrected chi connectivity index (χ4v) is 5.06. The molecule has 7 nitrogen and oxygen atoms in total. The van der Waals surface area contributed by atoms with Crippen molar-refractivity contribution < 1.29 is 23.0 Å². The highest BCUT2D eigenvalue weighted by atomic mass is 19.3. The van der Waals surface area contributed by atoms with Crippen LogP contribution in [0.5, 0.6) is 5.75 Å². The van der Waals surface area contributed by atoms with Gasteiger partial charge in [0.2, 0.25) is 0 Å². The van der Waals surface area contributed by atoms with Crippen LogP contribution in [0.4, 0.5) is 14.5 Å². The topological polar surface area (TPSA) is 77.8 Å². The summed E-state index contributed by atoms with van der Waals surface area (Å²) < 4.78 is 39.7. The number of nitrogens with one attached hydrogen (secondary N) is 1. The largest absolute Gasteiger partial charge is 0.489 e. The van der Waals surface area contributed by atoms with Crippen LogP contribution in [0, 0.1) is 0 Å². The van der Waals surface area contributed by atoms with E-state index in [-0.39, 0.29) is 22.8 Å². The maximum atomic E-state index is 13.0. The minimum absolute atomic E-state index is 0.0150. The summed E-state index contributed by atoms with van der Waals surface area (Å²) in [4.78, 5) is 21.4. The lowest BCUT2D eigenvalue weighted by atomic mass is 9.55. The number of amides is 1. The molecule has 3 fully saturated rings. The maximum absolute atomic E-state index is 13.0. The van der Waals surface area contributed by atoms with Gasteiger partial charge in [-0.1, -0.05) is 6.07 Å². The first-order valence-corrected chi connectivity index (χ1v) is 11.1. The van der Waals surface area contributed by atoms with Crippen molar-refractivity contribution in [3.8, 4) is 5.75 Å². The minimum Gasteiger partial charge on any atom is -0.489 e. The highest BCUT2D eigenvalue weighted by Crippen LogP contribution is 2.57. The molecule has 0 radical (unpaired) electrons. The summed E-state index contributed by atoms with van der Waals surface area (Å²) >= 11 is 0. The summed E-state index contributed by atoms with van der Waals surface area (Å²) in [5.74, 6) is -0.139. The average molecular weight is 456 g/mol. The van der Waals surface area contributed by atoms with Crippen molar-refractivity contribution in [2.45, 2.75) is 63.6 Å². The number of carbonyl (C=O) groups is 1. The van der Waals surface area contributed by atoms with Crippen LogP contribution in [-0.2, 0) is 10.2 Å². The van der Waals surface area contributed by atoms with E-state index in [4.69, 9.17) is 14.5 Å². The monoisotopic (exact) mass is 456 g/mol. The number of rotatable bonds is 6. The maximum Gasteiger partial charge on any atom is 0.280 e. The van der Waals surface area contributed by atoms with Crippen LogP contribution >= 0.6 is 0 Å². The highest BCUT2D eigenvalue weighted by molar-refractivity contribution is 6.03. The summed E-state index contributed by atoms with van der Waals surface area (Å²) in [7, 11) is 0. The van der Waals surface area contributed by atoms with Gasteiger partial charge in [-0.05, 0) is 52.2 Å². The van der Waals surface area contributed by atoms with Gasteiger partial charge in [-0.2, -0.15) is 0 Å². The molecule has 6 rings (SSSR count). The second-order valence-electron chi connectivity index (χ2n) is 9.49. The van der Waals surface area contributed by atoms with Crippen molar-refractivity contribution >= 4 is 17.2 Å². The minimum atomic E-state index is -2.75. The van der Waals surface area contributed by atoms with Gasteiger partial charge >= 0.3 is 0 Å². The second kappa shape index (κ2) is 7.76. The van der Waals surface area contributed by atoms with Gasteiger partial charge in [-0.3, -0.25) is 4.79 Å². The first kappa shape index (κ1) is 21.8. The molecule has 5 heterocycles. The number of halogens is 2. The number of fused-ring (bicyclic) bond motifs is 3. The average Bonchev–Trinajstić information content (AvgIpc) is 3.16. The van der Waals surface area contributed by atoms with E-state index in [1.165, 1.54) is 18.2 Å². The lowest BCUT2D eigenvalue weighted by Crippen LogP contribution is -2.59. The molecule has 2 saturated heterocycles. The number of nitrogens with zero attached hydrogens (tertiary/aromatic N) is 3. The normalized spacial score (nSPS) is 24.2. The van der Waals surface area contributed by atoms with Gasteiger partial charge in [0, 0.05) is 30.5 Å². The number of alkyl halides is 2. The van der Waals surface area contributed by atoms with Crippen LogP contribution in [0.2, 0.25) is 0 Å². The van der Waals surface area contributed by atoms with E-state index in [1.807, 2.05) is 24.4 Å². The Hall–Kier alpha value is -3.07. The number of anilines is 1. The van der Waals surface area contributed by atoms with Crippen LogP contribution in [0.3, 0.4) is 0 Å². The van der Waals surface area contributed by atoms with Crippen LogP contribution in [0.1, 0.15) is 68.3 Å². The Morgan fingerprint density at radius 3 is 2.73 bits per heavy atom. The van der Waals surface area contributed by atoms with E-state index < -0.39 is 18.0 Å². The summed E-state index contributed by atoms with van der Waals surface area (Å²) in [5.41, 5.74) is 1.54. The van der Waals surface area contributed by atoms with E-state index in [2.05, 4.69) is 17.2 Å². The third-order valence-electron chi connectivity index (χ3n) is 6.39. The molecule has 33 heavy (non-hydrogen) atoms. The number of ether oxygens (including phenoxy) is 2. The molecule has 1 N–H and O–H groups in total. The standard InChI is InChI=1S/C24H26F2N4O3/c1-14(2)33-18-9-20-29-19(24-7-8-32-23(3,12-24)13-24)11-30(20)10-17(18)28-22(31)16-6-4-5-15(27-16)21(25)26/h4-6,9-11,14,21H,7-8,12-13H2,1-3H3,(H,28,31). The Morgan fingerprint density at radius 1 is 1.24 bits per heavy atom. The molecule has 3 aliphatic rings. The Morgan fingerprint density at radius 2 is 2.03 bits per heavy atom.